The van der Waals surface area contributed by atoms with Crippen LogP contribution in [-0.2, 0) is 19.1 Å². The Balaban J connectivity index is 2.09. The van der Waals surface area contributed by atoms with Gasteiger partial charge in [0.2, 0.25) is 0 Å². The summed E-state index contributed by atoms with van der Waals surface area (Å²) in [4.78, 5) is 29.6. The first-order valence-corrected chi connectivity index (χ1v) is 9.25. The highest BCUT2D eigenvalue weighted by Gasteiger charge is 2.42. The third kappa shape index (κ3) is 4.36. The van der Waals surface area contributed by atoms with Crippen molar-refractivity contribution in [1.82, 2.24) is 4.90 Å². The van der Waals surface area contributed by atoms with E-state index >= 15 is 0 Å². The van der Waals surface area contributed by atoms with Crippen molar-refractivity contribution in [2.45, 2.75) is 0 Å². The maximum absolute atomic E-state index is 13.4. The molecule has 0 atom stereocenters. The summed E-state index contributed by atoms with van der Waals surface area (Å²) in [5, 5.41) is 0. The summed E-state index contributed by atoms with van der Waals surface area (Å²) in [6.45, 7) is 1.60. The Morgan fingerprint density at radius 1 is 0.862 bits per heavy atom. The van der Waals surface area contributed by atoms with Crippen LogP contribution < -0.4 is 4.90 Å². The van der Waals surface area contributed by atoms with Gasteiger partial charge in [-0.05, 0) is 29.8 Å². The normalized spacial score (nSPS) is 14.1. The van der Waals surface area contributed by atoms with Crippen molar-refractivity contribution in [3.05, 3.63) is 71.7 Å². The smallest absolute Gasteiger partial charge is 0.282 e. The molecule has 1 aliphatic rings. The average Bonchev–Trinajstić information content (AvgIpc) is 3.00. The molecular weight excluding hydrogens is 375 g/mol. The van der Waals surface area contributed by atoms with Gasteiger partial charge in [-0.1, -0.05) is 30.3 Å². The van der Waals surface area contributed by atoms with Gasteiger partial charge >= 0.3 is 0 Å². The molecule has 0 spiro atoms. The highest BCUT2D eigenvalue weighted by atomic mass is 19.1. The van der Waals surface area contributed by atoms with Crippen LogP contribution in [0.4, 0.5) is 10.1 Å². The van der Waals surface area contributed by atoms with E-state index in [4.69, 9.17) is 9.47 Å². The minimum absolute atomic E-state index is 0.291. The summed E-state index contributed by atoms with van der Waals surface area (Å²) in [5.41, 5.74) is 1.57. The van der Waals surface area contributed by atoms with Crippen molar-refractivity contribution in [2.24, 2.45) is 0 Å². The van der Waals surface area contributed by atoms with Gasteiger partial charge in [-0.3, -0.25) is 9.59 Å². The molecule has 1 heterocycles. The number of benzene rings is 2. The van der Waals surface area contributed by atoms with Gasteiger partial charge in [0.1, 0.15) is 11.5 Å². The highest BCUT2D eigenvalue weighted by Crippen LogP contribution is 2.34. The number of ether oxygens (including phenoxy) is 2. The van der Waals surface area contributed by atoms with Crippen molar-refractivity contribution in [3.63, 3.8) is 0 Å². The van der Waals surface area contributed by atoms with Crippen LogP contribution in [0.15, 0.2) is 60.3 Å². The van der Waals surface area contributed by atoms with E-state index in [1.54, 1.807) is 31.3 Å². The van der Waals surface area contributed by atoms with Gasteiger partial charge in [-0.25, -0.2) is 9.29 Å². The van der Waals surface area contributed by atoms with Gasteiger partial charge in [-0.2, -0.15) is 0 Å². The number of methoxy groups -OCH3 is 2. The quantitative estimate of drug-likeness (QED) is 0.608. The van der Waals surface area contributed by atoms with Gasteiger partial charge in [0.25, 0.3) is 11.8 Å². The number of hydrogen-bond donors (Lipinski definition) is 0. The lowest BCUT2D eigenvalue weighted by atomic mass is 10.0. The van der Waals surface area contributed by atoms with Crippen molar-refractivity contribution in [2.75, 3.05) is 45.4 Å². The lowest BCUT2D eigenvalue weighted by Gasteiger charge is -2.25. The van der Waals surface area contributed by atoms with Gasteiger partial charge in [-0.15, -0.1) is 0 Å². The molecule has 0 radical (unpaired) electrons. The number of nitrogens with zero attached hydrogens (tertiary/aromatic N) is 2. The Bertz CT molecular complexity index is 889. The van der Waals surface area contributed by atoms with Gasteiger partial charge in [0.15, 0.2) is 0 Å². The van der Waals surface area contributed by atoms with Crippen LogP contribution in [0.2, 0.25) is 0 Å². The van der Waals surface area contributed by atoms with Crippen LogP contribution in [0.1, 0.15) is 5.56 Å². The van der Waals surface area contributed by atoms with Crippen LogP contribution >= 0.6 is 0 Å². The molecular formula is C22H23FN2O4. The molecule has 7 heteroatoms. The number of halogens is 1. The third-order valence-electron chi connectivity index (χ3n) is 4.65. The van der Waals surface area contributed by atoms with E-state index in [0.29, 0.717) is 48.8 Å². The van der Waals surface area contributed by atoms with E-state index in [1.165, 1.54) is 24.3 Å². The zero-order valence-corrected chi connectivity index (χ0v) is 16.4. The van der Waals surface area contributed by atoms with Crippen molar-refractivity contribution >= 4 is 23.1 Å². The van der Waals surface area contributed by atoms with Crippen LogP contribution in [0.5, 0.6) is 0 Å². The second-order valence-electron chi connectivity index (χ2n) is 6.48. The minimum Gasteiger partial charge on any atom is -0.383 e. The summed E-state index contributed by atoms with van der Waals surface area (Å²) in [6.07, 6.45) is 0. The van der Waals surface area contributed by atoms with Crippen molar-refractivity contribution in [1.29, 1.82) is 0 Å². The van der Waals surface area contributed by atoms with E-state index in [9.17, 15) is 14.0 Å². The molecule has 152 valence electrons. The number of rotatable bonds is 9. The number of amides is 2. The first-order chi connectivity index (χ1) is 14.1. The lowest BCUT2D eigenvalue weighted by Crippen LogP contribution is -2.37. The molecule has 0 saturated heterocycles. The zero-order chi connectivity index (χ0) is 20.8. The van der Waals surface area contributed by atoms with E-state index in [0.717, 1.165) is 4.90 Å². The number of hydrogen-bond acceptors (Lipinski definition) is 5. The summed E-state index contributed by atoms with van der Waals surface area (Å²) in [5.74, 6) is -1.33. The Hall–Kier alpha value is -3.03. The third-order valence-corrected chi connectivity index (χ3v) is 4.65. The van der Waals surface area contributed by atoms with E-state index < -0.39 is 17.6 Å². The molecule has 0 aromatic heterocycles. The molecule has 0 bridgehead atoms. The molecule has 3 rings (SSSR count). The number of imide groups is 1. The average molecular weight is 398 g/mol. The standard InChI is InChI=1S/C22H23FN2O4/c1-28-14-12-24(13-15-29-2)20-19(16-6-4-3-5-7-16)21(26)25(22(20)27)18-10-8-17(23)9-11-18/h3-11H,12-15H2,1-2H3. The van der Waals surface area contributed by atoms with E-state index in [2.05, 4.69) is 0 Å². The molecule has 0 unspecified atom stereocenters. The molecule has 29 heavy (non-hydrogen) atoms. The van der Waals surface area contributed by atoms with Gasteiger partial charge < -0.3 is 14.4 Å². The SMILES string of the molecule is COCCN(CCOC)C1=C(c2ccccc2)C(=O)N(c2ccc(F)cc2)C1=O. The monoisotopic (exact) mass is 398 g/mol. The topological polar surface area (TPSA) is 59.1 Å². The number of carbonyl (C=O) groups excluding carboxylic acids is 2. The molecule has 6 nitrogen and oxygen atoms in total. The first-order valence-electron chi connectivity index (χ1n) is 9.25. The van der Waals surface area contributed by atoms with Crippen molar-refractivity contribution in [3.8, 4) is 0 Å². The van der Waals surface area contributed by atoms with Crippen LogP contribution in [0.25, 0.3) is 5.57 Å². The fraction of sp³-hybridized carbons (Fsp3) is 0.273. The van der Waals surface area contributed by atoms with Crippen LogP contribution in [-0.4, -0.2) is 57.2 Å². The molecule has 0 fully saturated rings. The maximum atomic E-state index is 13.4. The number of carbonyl (C=O) groups is 2. The Morgan fingerprint density at radius 2 is 1.45 bits per heavy atom. The Morgan fingerprint density at radius 3 is 2.00 bits per heavy atom. The summed E-state index contributed by atoms with van der Waals surface area (Å²) < 4.78 is 23.7. The van der Waals surface area contributed by atoms with Crippen LogP contribution in [0.3, 0.4) is 0 Å². The molecule has 2 aromatic carbocycles. The predicted molar refractivity (Wildman–Crippen MR) is 108 cm³/mol. The zero-order valence-electron chi connectivity index (χ0n) is 16.4. The van der Waals surface area contributed by atoms with Crippen LogP contribution in [0, 0.1) is 5.82 Å². The fourth-order valence-corrected chi connectivity index (χ4v) is 3.24. The summed E-state index contributed by atoms with van der Waals surface area (Å²) in [6, 6.07) is 14.3. The summed E-state index contributed by atoms with van der Waals surface area (Å²) in [7, 11) is 3.15. The fourth-order valence-electron chi connectivity index (χ4n) is 3.24. The minimum atomic E-state index is -0.451. The lowest BCUT2D eigenvalue weighted by molar-refractivity contribution is -0.120. The second-order valence-corrected chi connectivity index (χ2v) is 6.48. The first kappa shape index (κ1) is 20.7. The summed E-state index contributed by atoms with van der Waals surface area (Å²) >= 11 is 0. The van der Waals surface area contributed by atoms with E-state index in [1.807, 2.05) is 18.2 Å². The molecule has 0 saturated carbocycles. The van der Waals surface area contributed by atoms with Gasteiger partial charge in [0, 0.05) is 27.3 Å². The Kier molecular flexibility index (Phi) is 6.74. The molecule has 1 aliphatic heterocycles. The Labute approximate surface area is 169 Å². The highest BCUT2D eigenvalue weighted by molar-refractivity contribution is 6.45. The molecule has 0 N–H and O–H groups in total. The molecule has 2 amide bonds. The van der Waals surface area contributed by atoms with E-state index in [-0.39, 0.29) is 0 Å². The van der Waals surface area contributed by atoms with Crippen molar-refractivity contribution < 1.29 is 23.5 Å². The largest absolute Gasteiger partial charge is 0.383 e. The number of anilines is 1. The second kappa shape index (κ2) is 9.45. The maximum Gasteiger partial charge on any atom is 0.282 e. The molecule has 2 aromatic rings. The van der Waals surface area contributed by atoms with Gasteiger partial charge in [0.05, 0.1) is 24.5 Å². The predicted octanol–water partition coefficient (Wildman–Crippen LogP) is 2.71. The molecule has 0 aliphatic carbocycles.